The Morgan fingerprint density at radius 1 is 1.39 bits per heavy atom. The van der Waals surface area contributed by atoms with Crippen LogP contribution >= 0.6 is 11.8 Å². The number of anilines is 1. The molecule has 6 heteroatoms. The number of benzene rings is 1. The average molecular weight is 288 g/mol. The lowest BCUT2D eigenvalue weighted by Crippen LogP contribution is -2.23. The molecule has 0 saturated carbocycles. The molecule has 102 valence electrons. The fourth-order valence-electron chi connectivity index (χ4n) is 1.36. The summed E-state index contributed by atoms with van der Waals surface area (Å²) in [7, 11) is -3.41. The smallest absolute Gasteiger partial charge is 0.240 e. The number of hydrogen-bond acceptors (Lipinski definition) is 4. The van der Waals surface area contributed by atoms with Crippen LogP contribution in [0, 0.1) is 0 Å². The van der Waals surface area contributed by atoms with Crippen LogP contribution in [0.3, 0.4) is 0 Å². The standard InChI is InChI=1S/C12H20N2O2S2/c1-4-9(3)17-12-8-10(6-7-11(12)13)18(15,16)14-5-2/h6-9,14H,4-5,13H2,1-3H3. The van der Waals surface area contributed by atoms with Crippen LogP contribution < -0.4 is 10.5 Å². The molecule has 0 aliphatic carbocycles. The van der Waals surface area contributed by atoms with Crippen LogP contribution in [-0.4, -0.2) is 20.2 Å². The van der Waals surface area contributed by atoms with Gasteiger partial charge in [-0.15, -0.1) is 11.8 Å². The molecule has 0 spiro atoms. The van der Waals surface area contributed by atoms with E-state index in [9.17, 15) is 8.42 Å². The number of hydrogen-bond donors (Lipinski definition) is 2. The lowest BCUT2D eigenvalue weighted by atomic mass is 10.3. The summed E-state index contributed by atoms with van der Waals surface area (Å²) in [5.74, 6) is 0. The van der Waals surface area contributed by atoms with Crippen molar-refractivity contribution >= 4 is 27.5 Å². The second-order valence-corrected chi connectivity index (χ2v) is 7.28. The van der Waals surface area contributed by atoms with E-state index in [1.807, 2.05) is 0 Å². The maximum atomic E-state index is 11.9. The fourth-order valence-corrected chi connectivity index (χ4v) is 3.50. The van der Waals surface area contributed by atoms with Gasteiger partial charge in [-0.3, -0.25) is 0 Å². The summed E-state index contributed by atoms with van der Waals surface area (Å²) >= 11 is 1.60. The number of rotatable bonds is 6. The normalized spacial score (nSPS) is 13.5. The molecule has 0 saturated heterocycles. The first-order valence-corrected chi connectivity index (χ1v) is 8.32. The lowest BCUT2D eigenvalue weighted by Gasteiger charge is -2.12. The quantitative estimate of drug-likeness (QED) is 0.623. The highest BCUT2D eigenvalue weighted by molar-refractivity contribution is 8.00. The van der Waals surface area contributed by atoms with E-state index in [0.29, 0.717) is 17.5 Å². The van der Waals surface area contributed by atoms with Gasteiger partial charge >= 0.3 is 0 Å². The Labute approximate surface area is 113 Å². The molecular weight excluding hydrogens is 268 g/mol. The van der Waals surface area contributed by atoms with E-state index in [-0.39, 0.29) is 4.90 Å². The molecule has 1 rings (SSSR count). The van der Waals surface area contributed by atoms with E-state index in [0.717, 1.165) is 11.3 Å². The molecule has 0 radical (unpaired) electrons. The molecule has 0 aliphatic heterocycles. The van der Waals surface area contributed by atoms with Crippen molar-refractivity contribution in [3.8, 4) is 0 Å². The Morgan fingerprint density at radius 3 is 2.61 bits per heavy atom. The minimum absolute atomic E-state index is 0.268. The predicted molar refractivity (Wildman–Crippen MR) is 77.3 cm³/mol. The number of nitrogens with two attached hydrogens (primary N) is 1. The lowest BCUT2D eigenvalue weighted by molar-refractivity contribution is 0.583. The molecule has 4 nitrogen and oxygen atoms in total. The van der Waals surface area contributed by atoms with E-state index in [1.54, 1.807) is 30.8 Å². The Balaban J connectivity index is 3.08. The van der Waals surface area contributed by atoms with Crippen molar-refractivity contribution in [1.29, 1.82) is 0 Å². The van der Waals surface area contributed by atoms with Gasteiger partial charge in [0.25, 0.3) is 0 Å². The number of sulfonamides is 1. The van der Waals surface area contributed by atoms with Crippen molar-refractivity contribution in [2.45, 2.75) is 42.2 Å². The van der Waals surface area contributed by atoms with Crippen molar-refractivity contribution < 1.29 is 8.42 Å². The maximum Gasteiger partial charge on any atom is 0.240 e. The van der Waals surface area contributed by atoms with E-state index in [2.05, 4.69) is 18.6 Å². The summed E-state index contributed by atoms with van der Waals surface area (Å²) in [6.45, 7) is 6.31. The van der Waals surface area contributed by atoms with Crippen LogP contribution in [-0.2, 0) is 10.0 Å². The second kappa shape index (κ2) is 6.45. The third-order valence-corrected chi connectivity index (χ3v) is 5.42. The predicted octanol–water partition coefficient (Wildman–Crippen LogP) is 2.46. The number of nitrogen functional groups attached to an aromatic ring is 1. The van der Waals surface area contributed by atoms with E-state index in [1.165, 1.54) is 6.07 Å². The maximum absolute atomic E-state index is 11.9. The zero-order valence-electron chi connectivity index (χ0n) is 10.9. The summed E-state index contributed by atoms with van der Waals surface area (Å²) in [6.07, 6.45) is 1.01. The van der Waals surface area contributed by atoms with Crippen LogP contribution in [0.4, 0.5) is 5.69 Å². The molecule has 0 fully saturated rings. The minimum Gasteiger partial charge on any atom is -0.398 e. The fraction of sp³-hybridized carbons (Fsp3) is 0.500. The Kier molecular flexibility index (Phi) is 5.49. The van der Waals surface area contributed by atoms with Gasteiger partial charge in [-0.1, -0.05) is 20.8 Å². The molecule has 1 atom stereocenters. The van der Waals surface area contributed by atoms with Crippen molar-refractivity contribution in [2.24, 2.45) is 0 Å². The van der Waals surface area contributed by atoms with Crippen LogP contribution in [0.25, 0.3) is 0 Å². The molecule has 1 aromatic rings. The molecule has 1 unspecified atom stereocenters. The molecule has 0 bridgehead atoms. The van der Waals surface area contributed by atoms with Gasteiger partial charge in [-0.05, 0) is 24.6 Å². The van der Waals surface area contributed by atoms with Gasteiger partial charge in [0.15, 0.2) is 0 Å². The van der Waals surface area contributed by atoms with Crippen LogP contribution in [0.2, 0.25) is 0 Å². The molecule has 0 aliphatic rings. The van der Waals surface area contributed by atoms with E-state index in [4.69, 9.17) is 5.73 Å². The molecule has 1 aromatic carbocycles. The van der Waals surface area contributed by atoms with Gasteiger partial charge in [0.1, 0.15) is 0 Å². The SMILES string of the molecule is CCNS(=O)(=O)c1ccc(N)c(SC(C)CC)c1. The number of thioether (sulfide) groups is 1. The second-order valence-electron chi connectivity index (χ2n) is 4.04. The molecule has 0 aromatic heterocycles. The van der Waals surface area contributed by atoms with Gasteiger partial charge in [0.05, 0.1) is 4.90 Å². The highest BCUT2D eigenvalue weighted by Gasteiger charge is 2.15. The van der Waals surface area contributed by atoms with Crippen LogP contribution in [0.1, 0.15) is 27.2 Å². The van der Waals surface area contributed by atoms with Gasteiger partial charge < -0.3 is 5.73 Å². The third-order valence-electron chi connectivity index (χ3n) is 2.53. The van der Waals surface area contributed by atoms with Crippen molar-refractivity contribution in [3.05, 3.63) is 18.2 Å². The van der Waals surface area contributed by atoms with E-state index < -0.39 is 10.0 Å². The number of nitrogens with one attached hydrogen (secondary N) is 1. The highest BCUT2D eigenvalue weighted by atomic mass is 32.2. The van der Waals surface area contributed by atoms with Crippen molar-refractivity contribution in [1.82, 2.24) is 4.72 Å². The minimum atomic E-state index is -3.41. The Morgan fingerprint density at radius 2 is 2.06 bits per heavy atom. The van der Waals surface area contributed by atoms with Gasteiger partial charge in [-0.25, -0.2) is 13.1 Å². The zero-order valence-corrected chi connectivity index (χ0v) is 12.6. The first-order chi connectivity index (χ1) is 8.40. The van der Waals surface area contributed by atoms with Gasteiger partial charge in [0, 0.05) is 22.4 Å². The first kappa shape index (κ1) is 15.3. The largest absolute Gasteiger partial charge is 0.398 e. The zero-order chi connectivity index (χ0) is 13.8. The molecular formula is C12H20N2O2S2. The monoisotopic (exact) mass is 288 g/mol. The van der Waals surface area contributed by atoms with Crippen LogP contribution in [0.5, 0.6) is 0 Å². The van der Waals surface area contributed by atoms with Crippen molar-refractivity contribution in [3.63, 3.8) is 0 Å². The summed E-state index contributed by atoms with van der Waals surface area (Å²) in [5.41, 5.74) is 6.49. The highest BCUT2D eigenvalue weighted by Crippen LogP contribution is 2.31. The first-order valence-electron chi connectivity index (χ1n) is 5.96. The van der Waals surface area contributed by atoms with Crippen LogP contribution in [0.15, 0.2) is 28.0 Å². The summed E-state index contributed by atoms with van der Waals surface area (Å²) in [5, 5.41) is 0.407. The van der Waals surface area contributed by atoms with Gasteiger partial charge in [-0.2, -0.15) is 0 Å². The summed E-state index contributed by atoms with van der Waals surface area (Å²) < 4.78 is 26.3. The van der Waals surface area contributed by atoms with E-state index >= 15 is 0 Å². The molecule has 0 amide bonds. The van der Waals surface area contributed by atoms with Crippen molar-refractivity contribution in [2.75, 3.05) is 12.3 Å². The Bertz CT molecular complexity index is 501. The summed E-state index contributed by atoms with van der Waals surface area (Å²) in [4.78, 5) is 1.09. The Hall–Kier alpha value is -0.720. The van der Waals surface area contributed by atoms with Gasteiger partial charge in [0.2, 0.25) is 10.0 Å². The molecule has 3 N–H and O–H groups in total. The topological polar surface area (TPSA) is 72.2 Å². The molecule has 18 heavy (non-hydrogen) atoms. The third kappa shape index (κ3) is 3.90. The average Bonchev–Trinajstić information content (AvgIpc) is 2.31. The summed E-state index contributed by atoms with van der Waals surface area (Å²) in [6, 6.07) is 4.83. The molecule has 0 heterocycles.